The van der Waals surface area contributed by atoms with Crippen LogP contribution in [0.15, 0.2) is 0 Å². The van der Waals surface area contributed by atoms with Gasteiger partial charge in [0.1, 0.15) is 0 Å². The highest BCUT2D eigenvalue weighted by Crippen LogP contribution is 2.11. The summed E-state index contributed by atoms with van der Waals surface area (Å²) in [5.41, 5.74) is 0. The van der Waals surface area contributed by atoms with Gasteiger partial charge in [-0.25, -0.2) is 0 Å². The minimum Gasteiger partial charge on any atom is -0.394 e. The topological polar surface area (TPSA) is 69.6 Å². The lowest BCUT2D eigenvalue weighted by Crippen LogP contribution is -2.45. The summed E-state index contributed by atoms with van der Waals surface area (Å²) < 4.78 is 0. The maximum absolute atomic E-state index is 11.9. The van der Waals surface area contributed by atoms with E-state index in [1.807, 2.05) is 0 Å². The minimum absolute atomic E-state index is 0.0485. The van der Waals surface area contributed by atoms with E-state index in [1.165, 1.54) is 44.9 Å². The molecule has 24 heavy (non-hydrogen) atoms. The molecule has 0 aliphatic carbocycles. The largest absolute Gasteiger partial charge is 0.394 e. The lowest BCUT2D eigenvalue weighted by Gasteiger charge is -2.22. The number of aliphatic hydroxyl groups is 2. The van der Waals surface area contributed by atoms with Crippen molar-refractivity contribution in [2.45, 2.75) is 116 Å². The van der Waals surface area contributed by atoms with Crippen molar-refractivity contribution in [3.63, 3.8) is 0 Å². The van der Waals surface area contributed by atoms with Crippen LogP contribution in [0.25, 0.3) is 0 Å². The molecule has 0 saturated carbocycles. The summed E-state index contributed by atoms with van der Waals surface area (Å²) in [7, 11) is 0. The van der Waals surface area contributed by atoms with Crippen LogP contribution < -0.4 is 5.32 Å². The first-order valence-electron chi connectivity index (χ1n) is 10.2. The van der Waals surface area contributed by atoms with Gasteiger partial charge in [-0.1, -0.05) is 84.5 Å². The van der Waals surface area contributed by atoms with Crippen molar-refractivity contribution in [2.24, 2.45) is 0 Å². The Morgan fingerprint density at radius 1 is 0.833 bits per heavy atom. The molecule has 0 aliphatic rings. The van der Waals surface area contributed by atoms with Crippen molar-refractivity contribution in [1.82, 2.24) is 5.32 Å². The smallest absolute Gasteiger partial charge is 0.220 e. The third-order valence-corrected chi connectivity index (χ3v) is 4.62. The third-order valence-electron chi connectivity index (χ3n) is 4.62. The number of unbranched alkanes of at least 4 members (excludes halogenated alkanes) is 10. The SMILES string of the molecule is CCCCCCCCCCC(=O)NC(CO)C(O)CCCCCC. The number of carbonyl (C=O) groups is 1. The number of rotatable bonds is 17. The van der Waals surface area contributed by atoms with E-state index in [4.69, 9.17) is 0 Å². The second-order valence-corrected chi connectivity index (χ2v) is 7.00. The summed E-state index contributed by atoms with van der Waals surface area (Å²) in [5.74, 6) is -0.0485. The molecule has 2 unspecified atom stereocenters. The molecule has 4 heteroatoms. The van der Waals surface area contributed by atoms with E-state index in [1.54, 1.807) is 0 Å². The van der Waals surface area contributed by atoms with Crippen LogP contribution >= 0.6 is 0 Å². The summed E-state index contributed by atoms with van der Waals surface area (Å²) in [5, 5.41) is 22.3. The Labute approximate surface area is 149 Å². The minimum atomic E-state index is -0.644. The molecule has 0 saturated heterocycles. The molecule has 0 rings (SSSR count). The van der Waals surface area contributed by atoms with Gasteiger partial charge in [-0.2, -0.15) is 0 Å². The van der Waals surface area contributed by atoms with Gasteiger partial charge in [0.25, 0.3) is 0 Å². The molecule has 0 heterocycles. The van der Waals surface area contributed by atoms with E-state index in [0.717, 1.165) is 32.1 Å². The maximum atomic E-state index is 11.9. The second kappa shape index (κ2) is 17.2. The number of aliphatic hydroxyl groups excluding tert-OH is 2. The summed E-state index contributed by atoms with van der Waals surface area (Å²) >= 11 is 0. The highest BCUT2D eigenvalue weighted by Gasteiger charge is 2.19. The predicted octanol–water partition coefficient (Wildman–Crippen LogP) is 4.33. The first-order valence-corrected chi connectivity index (χ1v) is 10.2. The van der Waals surface area contributed by atoms with E-state index in [2.05, 4.69) is 19.2 Å². The van der Waals surface area contributed by atoms with E-state index < -0.39 is 12.1 Å². The normalized spacial score (nSPS) is 13.7. The number of nitrogens with one attached hydrogen (secondary N) is 1. The van der Waals surface area contributed by atoms with Crippen LogP contribution in [0.3, 0.4) is 0 Å². The third kappa shape index (κ3) is 13.8. The van der Waals surface area contributed by atoms with Crippen molar-refractivity contribution in [1.29, 1.82) is 0 Å². The molecule has 2 atom stereocenters. The predicted molar refractivity (Wildman–Crippen MR) is 101 cm³/mol. The fourth-order valence-corrected chi connectivity index (χ4v) is 2.94. The van der Waals surface area contributed by atoms with Crippen LogP contribution in [0, 0.1) is 0 Å². The van der Waals surface area contributed by atoms with Gasteiger partial charge in [0.15, 0.2) is 0 Å². The molecule has 144 valence electrons. The van der Waals surface area contributed by atoms with Crippen LogP contribution in [0.5, 0.6) is 0 Å². The molecule has 3 N–H and O–H groups in total. The van der Waals surface area contributed by atoms with E-state index in [9.17, 15) is 15.0 Å². The molecule has 1 amide bonds. The average molecular weight is 344 g/mol. The summed E-state index contributed by atoms with van der Waals surface area (Å²) in [4.78, 5) is 11.9. The Morgan fingerprint density at radius 2 is 1.33 bits per heavy atom. The van der Waals surface area contributed by atoms with Gasteiger partial charge in [0, 0.05) is 6.42 Å². The van der Waals surface area contributed by atoms with E-state index in [-0.39, 0.29) is 12.5 Å². The van der Waals surface area contributed by atoms with Gasteiger partial charge in [0.2, 0.25) is 5.91 Å². The zero-order valence-corrected chi connectivity index (χ0v) is 16.1. The quantitative estimate of drug-likeness (QED) is 0.344. The Balaban J connectivity index is 3.70. The highest BCUT2D eigenvalue weighted by molar-refractivity contribution is 5.76. The van der Waals surface area contributed by atoms with Crippen molar-refractivity contribution >= 4 is 5.91 Å². The molecule has 0 fully saturated rings. The molecular formula is C20H41NO3. The molecule has 0 aromatic heterocycles. The lowest BCUT2D eigenvalue weighted by atomic mass is 10.0. The van der Waals surface area contributed by atoms with Crippen LogP contribution in [-0.2, 0) is 4.79 Å². The van der Waals surface area contributed by atoms with Crippen molar-refractivity contribution in [3.8, 4) is 0 Å². The van der Waals surface area contributed by atoms with Crippen LogP contribution in [0.1, 0.15) is 104 Å². The lowest BCUT2D eigenvalue weighted by molar-refractivity contribution is -0.123. The number of hydrogen-bond donors (Lipinski definition) is 3. The van der Waals surface area contributed by atoms with Crippen LogP contribution in [-0.4, -0.2) is 34.9 Å². The monoisotopic (exact) mass is 343 g/mol. The molecule has 0 aliphatic heterocycles. The number of amides is 1. The van der Waals surface area contributed by atoms with Crippen LogP contribution in [0.2, 0.25) is 0 Å². The molecule has 4 nitrogen and oxygen atoms in total. The zero-order valence-electron chi connectivity index (χ0n) is 16.1. The van der Waals surface area contributed by atoms with Gasteiger partial charge < -0.3 is 15.5 Å². The molecule has 0 radical (unpaired) electrons. The Bertz CT molecular complexity index is 284. The molecule has 0 aromatic carbocycles. The van der Waals surface area contributed by atoms with Gasteiger partial charge in [-0.05, 0) is 12.8 Å². The number of carbonyl (C=O) groups excluding carboxylic acids is 1. The zero-order chi connectivity index (χ0) is 18.0. The average Bonchev–Trinajstić information content (AvgIpc) is 2.58. The maximum Gasteiger partial charge on any atom is 0.220 e. The molecular weight excluding hydrogens is 302 g/mol. The molecule has 0 bridgehead atoms. The Hall–Kier alpha value is -0.610. The van der Waals surface area contributed by atoms with E-state index >= 15 is 0 Å². The van der Waals surface area contributed by atoms with Crippen molar-refractivity contribution in [3.05, 3.63) is 0 Å². The van der Waals surface area contributed by atoms with Gasteiger partial charge in [-0.3, -0.25) is 4.79 Å². The Morgan fingerprint density at radius 3 is 1.88 bits per heavy atom. The van der Waals surface area contributed by atoms with Gasteiger partial charge in [-0.15, -0.1) is 0 Å². The van der Waals surface area contributed by atoms with Crippen LogP contribution in [0.4, 0.5) is 0 Å². The summed E-state index contributed by atoms with van der Waals surface area (Å²) in [6, 6.07) is -0.520. The summed E-state index contributed by atoms with van der Waals surface area (Å²) in [6.07, 6.45) is 14.5. The summed E-state index contributed by atoms with van der Waals surface area (Å²) in [6.45, 7) is 4.18. The molecule has 0 aromatic rings. The van der Waals surface area contributed by atoms with Crippen molar-refractivity contribution < 1.29 is 15.0 Å². The Kier molecular flexibility index (Phi) is 16.8. The fourth-order valence-electron chi connectivity index (χ4n) is 2.94. The fraction of sp³-hybridized carbons (Fsp3) is 0.950. The van der Waals surface area contributed by atoms with Gasteiger partial charge in [0.05, 0.1) is 18.8 Å². The van der Waals surface area contributed by atoms with Crippen molar-refractivity contribution in [2.75, 3.05) is 6.61 Å². The first kappa shape index (κ1) is 23.4. The van der Waals surface area contributed by atoms with E-state index in [0.29, 0.717) is 12.8 Å². The number of hydrogen-bond acceptors (Lipinski definition) is 3. The first-order chi connectivity index (χ1) is 11.7. The molecule has 0 spiro atoms. The standard InChI is InChI=1S/C20H41NO3/c1-3-5-7-9-10-11-12-14-16-20(24)21-18(17-22)19(23)15-13-8-6-4-2/h18-19,22-23H,3-17H2,1-2H3,(H,21,24). The second-order valence-electron chi connectivity index (χ2n) is 7.00. The van der Waals surface area contributed by atoms with Gasteiger partial charge >= 0.3 is 0 Å². The highest BCUT2D eigenvalue weighted by atomic mass is 16.3.